The van der Waals surface area contributed by atoms with E-state index in [2.05, 4.69) is 0 Å². The van der Waals surface area contributed by atoms with Gasteiger partial charge in [-0.15, -0.1) is 0 Å². The lowest BCUT2D eigenvalue weighted by Gasteiger charge is -2.32. The van der Waals surface area contributed by atoms with Crippen molar-refractivity contribution < 1.29 is 13.7 Å². The molecule has 1 saturated heterocycles. The van der Waals surface area contributed by atoms with Crippen LogP contribution in [0.3, 0.4) is 0 Å². The lowest BCUT2D eigenvalue weighted by molar-refractivity contribution is 0.00578. The van der Waals surface area contributed by atoms with Gasteiger partial charge in [0.05, 0.1) is 11.2 Å². The third-order valence-corrected chi connectivity index (χ3v) is 4.56. The zero-order valence-electron chi connectivity index (χ0n) is 13.4. The summed E-state index contributed by atoms with van der Waals surface area (Å²) in [4.78, 5) is 0. The Hall–Kier alpha value is -1.65. The second-order valence-electron chi connectivity index (χ2n) is 6.72. The predicted octanol–water partition coefficient (Wildman–Crippen LogP) is 4.78. The van der Waals surface area contributed by atoms with Gasteiger partial charge in [0.1, 0.15) is 5.73 Å². The molecule has 1 fully saturated rings. The highest BCUT2D eigenvalue weighted by molar-refractivity contribution is 6.54. The van der Waals surface area contributed by atoms with Crippen LogP contribution in [0, 0.1) is 0 Å². The van der Waals surface area contributed by atoms with Crippen molar-refractivity contribution in [3.05, 3.63) is 53.8 Å². The molecule has 3 rings (SSSR count). The summed E-state index contributed by atoms with van der Waals surface area (Å²) in [5.74, 6) is 0. The maximum atomic E-state index is 14.5. The summed E-state index contributed by atoms with van der Waals surface area (Å²) < 4.78 is 25.9. The van der Waals surface area contributed by atoms with Gasteiger partial charge >= 0.3 is 7.12 Å². The molecule has 0 aromatic heterocycles. The van der Waals surface area contributed by atoms with Gasteiger partial charge in [-0.2, -0.15) is 0 Å². The highest BCUT2D eigenvalue weighted by Gasteiger charge is 2.53. The molecule has 0 saturated carbocycles. The Labute approximate surface area is 131 Å². The highest BCUT2D eigenvalue weighted by atomic mass is 19.1. The van der Waals surface area contributed by atoms with Crippen LogP contribution < -0.4 is 0 Å². The minimum atomic E-state index is -0.948. The summed E-state index contributed by atoms with van der Waals surface area (Å²) in [5.41, 5.74) is -0.682. The Morgan fingerprint density at radius 2 is 1.55 bits per heavy atom. The van der Waals surface area contributed by atoms with Crippen LogP contribution in [0.2, 0.25) is 0 Å². The van der Waals surface area contributed by atoms with E-state index in [1.165, 1.54) is 6.08 Å². The quantitative estimate of drug-likeness (QED) is 0.743. The molecule has 0 N–H and O–H groups in total. The van der Waals surface area contributed by atoms with Crippen LogP contribution in [-0.4, -0.2) is 18.3 Å². The van der Waals surface area contributed by atoms with Crippen molar-refractivity contribution in [1.82, 2.24) is 0 Å². The van der Waals surface area contributed by atoms with E-state index in [0.717, 1.165) is 16.3 Å². The van der Waals surface area contributed by atoms with Gasteiger partial charge in [0.15, 0.2) is 0 Å². The van der Waals surface area contributed by atoms with Gasteiger partial charge in [0.25, 0.3) is 0 Å². The normalized spacial score (nSPS) is 20.6. The van der Waals surface area contributed by atoms with Crippen molar-refractivity contribution in [3.8, 4) is 0 Å². The van der Waals surface area contributed by atoms with Crippen LogP contribution in [0.25, 0.3) is 16.8 Å². The number of benzene rings is 2. The summed E-state index contributed by atoms with van der Waals surface area (Å²) in [6, 6.07) is 13.8. The van der Waals surface area contributed by atoms with E-state index in [1.54, 1.807) is 0 Å². The summed E-state index contributed by atoms with van der Waals surface area (Å²) in [6.07, 6.45) is 1.48. The molecule has 2 aromatic carbocycles. The van der Waals surface area contributed by atoms with E-state index in [9.17, 15) is 4.39 Å². The number of hydrogen-bond acceptors (Lipinski definition) is 2. The Kier molecular flexibility index (Phi) is 3.62. The highest BCUT2D eigenvalue weighted by Crippen LogP contribution is 2.39. The van der Waals surface area contributed by atoms with E-state index in [-0.39, 0.29) is 0 Å². The molecule has 1 heterocycles. The topological polar surface area (TPSA) is 18.5 Å². The fourth-order valence-corrected chi connectivity index (χ4v) is 2.48. The molecule has 22 heavy (non-hydrogen) atoms. The van der Waals surface area contributed by atoms with Crippen LogP contribution in [0.4, 0.5) is 4.39 Å². The molecule has 1 aliphatic rings. The van der Waals surface area contributed by atoms with Crippen LogP contribution in [0.15, 0.2) is 48.2 Å². The molecule has 0 spiro atoms. The molecule has 0 radical (unpaired) electrons. The first-order valence-electron chi connectivity index (χ1n) is 7.50. The van der Waals surface area contributed by atoms with Gasteiger partial charge < -0.3 is 9.31 Å². The van der Waals surface area contributed by atoms with Crippen molar-refractivity contribution in [2.45, 2.75) is 38.9 Å². The first kappa shape index (κ1) is 15.3. The fourth-order valence-electron chi connectivity index (χ4n) is 2.48. The summed E-state index contributed by atoms with van der Waals surface area (Å²) in [5, 5.41) is 2.22. The van der Waals surface area contributed by atoms with Gasteiger partial charge in [0, 0.05) is 0 Å². The largest absolute Gasteiger partial charge is 0.525 e. The Morgan fingerprint density at radius 3 is 2.18 bits per heavy atom. The average molecular weight is 298 g/mol. The number of fused-ring (bicyclic) bond motifs is 1. The summed E-state index contributed by atoms with van der Waals surface area (Å²) in [6.45, 7) is 7.65. The van der Waals surface area contributed by atoms with E-state index in [1.807, 2.05) is 70.2 Å². The van der Waals surface area contributed by atoms with Crippen molar-refractivity contribution in [3.63, 3.8) is 0 Å². The molecule has 2 aromatic rings. The second-order valence-corrected chi connectivity index (χ2v) is 6.72. The van der Waals surface area contributed by atoms with Gasteiger partial charge in [-0.25, -0.2) is 4.39 Å². The van der Waals surface area contributed by atoms with Crippen molar-refractivity contribution in [1.29, 1.82) is 0 Å². The lowest BCUT2D eigenvalue weighted by Crippen LogP contribution is -2.41. The Bertz CT molecular complexity index is 721. The third-order valence-electron chi connectivity index (χ3n) is 4.56. The van der Waals surface area contributed by atoms with Crippen molar-refractivity contribution in [2.24, 2.45) is 0 Å². The molecular weight excluding hydrogens is 278 g/mol. The molecule has 0 bridgehead atoms. The van der Waals surface area contributed by atoms with Crippen molar-refractivity contribution >= 4 is 24.0 Å². The fraction of sp³-hybridized carbons (Fsp3) is 0.333. The first-order chi connectivity index (χ1) is 10.3. The molecule has 0 amide bonds. The van der Waals surface area contributed by atoms with E-state index < -0.39 is 24.0 Å². The number of halogens is 1. The zero-order chi connectivity index (χ0) is 16.0. The van der Waals surface area contributed by atoms with Crippen LogP contribution in [0.1, 0.15) is 33.3 Å². The monoisotopic (exact) mass is 298 g/mol. The summed E-state index contributed by atoms with van der Waals surface area (Å²) >= 11 is 0. The standard InChI is InChI=1S/C18H20BFO2/c1-17(2)18(3,4)22-19(21-17)16(20)12-13-9-10-14-7-5-6-8-15(14)11-13/h5-12H,1-4H3/b16-12-. The van der Waals surface area contributed by atoms with Crippen molar-refractivity contribution in [2.75, 3.05) is 0 Å². The molecule has 0 aliphatic carbocycles. The number of rotatable bonds is 2. The molecule has 1 aliphatic heterocycles. The Morgan fingerprint density at radius 1 is 0.955 bits per heavy atom. The van der Waals surface area contributed by atoms with E-state index in [4.69, 9.17) is 9.31 Å². The average Bonchev–Trinajstić information content (AvgIpc) is 2.67. The third kappa shape index (κ3) is 2.69. The second kappa shape index (κ2) is 5.22. The zero-order valence-corrected chi connectivity index (χ0v) is 13.4. The van der Waals surface area contributed by atoms with Crippen LogP contribution in [-0.2, 0) is 9.31 Å². The smallest absolute Gasteiger partial charge is 0.398 e. The molecular formula is C18H20BFO2. The van der Waals surface area contributed by atoms with E-state index >= 15 is 0 Å². The molecule has 0 unspecified atom stereocenters. The predicted molar refractivity (Wildman–Crippen MR) is 89.1 cm³/mol. The van der Waals surface area contributed by atoms with Gasteiger partial charge in [-0.3, -0.25) is 0 Å². The maximum Gasteiger partial charge on any atom is 0.525 e. The molecule has 2 nitrogen and oxygen atoms in total. The minimum Gasteiger partial charge on any atom is -0.398 e. The van der Waals surface area contributed by atoms with E-state index in [0.29, 0.717) is 0 Å². The Balaban J connectivity index is 1.88. The SMILES string of the molecule is CC1(C)OB(/C(F)=C/c2ccc3ccccc3c2)OC1(C)C. The van der Waals surface area contributed by atoms with Gasteiger partial charge in [0.2, 0.25) is 0 Å². The number of hydrogen-bond donors (Lipinski definition) is 0. The minimum absolute atomic E-state index is 0.408. The maximum absolute atomic E-state index is 14.5. The lowest BCUT2D eigenvalue weighted by atomic mass is 9.86. The molecule has 114 valence electrons. The first-order valence-corrected chi connectivity index (χ1v) is 7.50. The van der Waals surface area contributed by atoms with Gasteiger partial charge in [-0.05, 0) is 56.2 Å². The summed E-state index contributed by atoms with van der Waals surface area (Å²) in [7, 11) is -0.948. The van der Waals surface area contributed by atoms with Crippen LogP contribution >= 0.6 is 0 Å². The molecule has 0 atom stereocenters. The van der Waals surface area contributed by atoms with Gasteiger partial charge in [-0.1, -0.05) is 36.4 Å². The molecule has 4 heteroatoms. The van der Waals surface area contributed by atoms with Crippen LogP contribution in [0.5, 0.6) is 0 Å².